The molecule has 0 atom stereocenters. The van der Waals surface area contributed by atoms with Crippen molar-refractivity contribution in [1.82, 2.24) is 0 Å². The van der Waals surface area contributed by atoms with Gasteiger partial charge in [-0.25, -0.2) is 8.78 Å². The number of hydrogen-bond acceptors (Lipinski definition) is 3. The number of nitrogen functional groups attached to an aromatic ring is 1. The first-order valence-electron chi connectivity index (χ1n) is 6.30. The molecular weight excluding hydrogens is 278 g/mol. The summed E-state index contributed by atoms with van der Waals surface area (Å²) in [5.41, 5.74) is 6.55. The van der Waals surface area contributed by atoms with Crippen molar-refractivity contribution in [2.75, 3.05) is 17.7 Å². The Morgan fingerprint density at radius 3 is 2.57 bits per heavy atom. The lowest BCUT2D eigenvalue weighted by molar-refractivity contribution is 0.102. The minimum Gasteiger partial charge on any atom is -0.492 e. The van der Waals surface area contributed by atoms with Gasteiger partial charge in [-0.15, -0.1) is 0 Å². The Balaban J connectivity index is 2.16. The van der Waals surface area contributed by atoms with Crippen molar-refractivity contribution >= 4 is 17.3 Å². The van der Waals surface area contributed by atoms with Gasteiger partial charge >= 0.3 is 0 Å². The second-order valence-corrected chi connectivity index (χ2v) is 4.27. The van der Waals surface area contributed by atoms with Crippen LogP contribution in [-0.4, -0.2) is 12.5 Å². The molecule has 1 amide bonds. The highest BCUT2D eigenvalue weighted by atomic mass is 19.2. The molecule has 21 heavy (non-hydrogen) atoms. The van der Waals surface area contributed by atoms with E-state index < -0.39 is 17.5 Å². The molecule has 0 radical (unpaired) electrons. The number of carbonyl (C=O) groups is 1. The molecule has 110 valence electrons. The zero-order valence-electron chi connectivity index (χ0n) is 11.3. The highest BCUT2D eigenvalue weighted by Gasteiger charge is 2.10. The summed E-state index contributed by atoms with van der Waals surface area (Å²) < 4.78 is 31.2. The van der Waals surface area contributed by atoms with Gasteiger partial charge in [0.2, 0.25) is 0 Å². The highest BCUT2D eigenvalue weighted by Crippen LogP contribution is 2.23. The molecule has 0 saturated heterocycles. The van der Waals surface area contributed by atoms with Gasteiger partial charge in [0, 0.05) is 17.3 Å². The van der Waals surface area contributed by atoms with Crippen LogP contribution in [0.5, 0.6) is 5.75 Å². The molecule has 0 unspecified atom stereocenters. The molecule has 0 aromatic heterocycles. The number of rotatable bonds is 4. The molecule has 2 rings (SSSR count). The second-order valence-electron chi connectivity index (χ2n) is 4.27. The number of nitrogens with one attached hydrogen (secondary N) is 1. The Hall–Kier alpha value is -2.63. The standard InChI is InChI=1S/C15H14F2N2O2/c1-2-21-14-6-3-9(7-13(14)18)15(20)19-10-4-5-11(16)12(17)8-10/h3-8H,2,18H2,1H3,(H,19,20). The first-order chi connectivity index (χ1) is 10.0. The first kappa shape index (κ1) is 14.8. The summed E-state index contributed by atoms with van der Waals surface area (Å²) in [6.45, 7) is 2.29. The van der Waals surface area contributed by atoms with Crippen LogP contribution in [0, 0.1) is 11.6 Å². The maximum absolute atomic E-state index is 13.1. The average molecular weight is 292 g/mol. The van der Waals surface area contributed by atoms with Crippen LogP contribution in [0.3, 0.4) is 0 Å². The molecule has 2 aromatic carbocycles. The number of ether oxygens (including phenoxy) is 1. The lowest BCUT2D eigenvalue weighted by atomic mass is 10.1. The minimum atomic E-state index is -1.03. The highest BCUT2D eigenvalue weighted by molar-refractivity contribution is 6.05. The number of halogens is 2. The van der Waals surface area contributed by atoms with E-state index in [0.29, 0.717) is 23.6 Å². The van der Waals surface area contributed by atoms with Gasteiger partial charge in [0.15, 0.2) is 11.6 Å². The molecule has 0 aliphatic carbocycles. The van der Waals surface area contributed by atoms with E-state index in [2.05, 4.69) is 5.32 Å². The lowest BCUT2D eigenvalue weighted by Gasteiger charge is -2.09. The van der Waals surface area contributed by atoms with Crippen LogP contribution in [0.25, 0.3) is 0 Å². The predicted octanol–water partition coefficient (Wildman–Crippen LogP) is 3.20. The summed E-state index contributed by atoms with van der Waals surface area (Å²) in [7, 11) is 0. The van der Waals surface area contributed by atoms with E-state index in [1.54, 1.807) is 6.07 Å². The summed E-state index contributed by atoms with van der Waals surface area (Å²) >= 11 is 0. The number of benzene rings is 2. The summed E-state index contributed by atoms with van der Waals surface area (Å²) in [4.78, 5) is 12.0. The maximum atomic E-state index is 13.1. The molecule has 2 aromatic rings. The number of anilines is 2. The van der Waals surface area contributed by atoms with E-state index in [9.17, 15) is 13.6 Å². The van der Waals surface area contributed by atoms with Gasteiger partial charge in [-0.3, -0.25) is 4.79 Å². The molecule has 0 saturated carbocycles. The van der Waals surface area contributed by atoms with E-state index in [1.165, 1.54) is 18.2 Å². The van der Waals surface area contributed by atoms with Crippen molar-refractivity contribution < 1.29 is 18.3 Å². The summed E-state index contributed by atoms with van der Waals surface area (Å²) in [5, 5.41) is 2.46. The van der Waals surface area contributed by atoms with E-state index in [0.717, 1.165) is 12.1 Å². The summed E-state index contributed by atoms with van der Waals surface area (Å²) in [6, 6.07) is 7.70. The van der Waals surface area contributed by atoms with Crippen LogP contribution in [-0.2, 0) is 0 Å². The molecule has 0 spiro atoms. The zero-order chi connectivity index (χ0) is 15.4. The predicted molar refractivity (Wildman–Crippen MR) is 76.3 cm³/mol. The fourth-order valence-corrected chi connectivity index (χ4v) is 1.75. The number of amides is 1. The zero-order valence-corrected chi connectivity index (χ0v) is 11.3. The molecule has 4 nitrogen and oxygen atoms in total. The van der Waals surface area contributed by atoms with Crippen LogP contribution < -0.4 is 15.8 Å². The largest absolute Gasteiger partial charge is 0.492 e. The number of hydrogen-bond donors (Lipinski definition) is 2. The number of nitrogens with two attached hydrogens (primary N) is 1. The van der Waals surface area contributed by atoms with Crippen molar-refractivity contribution in [3.8, 4) is 5.75 Å². The Kier molecular flexibility index (Phi) is 4.37. The second kappa shape index (κ2) is 6.21. The molecule has 0 fully saturated rings. The average Bonchev–Trinajstić information content (AvgIpc) is 2.45. The third-order valence-electron chi connectivity index (χ3n) is 2.75. The van der Waals surface area contributed by atoms with Crippen LogP contribution in [0.2, 0.25) is 0 Å². The first-order valence-corrected chi connectivity index (χ1v) is 6.30. The Morgan fingerprint density at radius 1 is 1.19 bits per heavy atom. The quantitative estimate of drug-likeness (QED) is 0.851. The monoisotopic (exact) mass is 292 g/mol. The molecule has 6 heteroatoms. The van der Waals surface area contributed by atoms with Crippen molar-refractivity contribution in [2.24, 2.45) is 0 Å². The van der Waals surface area contributed by atoms with Crippen LogP contribution in [0.4, 0.5) is 20.2 Å². The topological polar surface area (TPSA) is 64.3 Å². The van der Waals surface area contributed by atoms with E-state index >= 15 is 0 Å². The molecule has 3 N–H and O–H groups in total. The molecule has 0 heterocycles. The summed E-state index contributed by atoms with van der Waals surface area (Å²) in [6.07, 6.45) is 0. The lowest BCUT2D eigenvalue weighted by Crippen LogP contribution is -2.12. The molecular formula is C15H14F2N2O2. The van der Waals surface area contributed by atoms with Crippen LogP contribution in [0.1, 0.15) is 17.3 Å². The van der Waals surface area contributed by atoms with E-state index in [1.807, 2.05) is 6.92 Å². The summed E-state index contributed by atoms with van der Waals surface area (Å²) in [5.74, 6) is -1.99. The Labute approximate surface area is 120 Å². The molecule has 0 aliphatic rings. The minimum absolute atomic E-state index is 0.159. The fourth-order valence-electron chi connectivity index (χ4n) is 1.75. The van der Waals surface area contributed by atoms with Gasteiger partial charge in [-0.1, -0.05) is 0 Å². The van der Waals surface area contributed by atoms with Gasteiger partial charge in [-0.05, 0) is 37.3 Å². The van der Waals surface area contributed by atoms with Gasteiger partial charge in [0.1, 0.15) is 5.75 Å². The SMILES string of the molecule is CCOc1ccc(C(=O)Nc2ccc(F)c(F)c2)cc1N. The molecule has 0 bridgehead atoms. The van der Waals surface area contributed by atoms with Gasteiger partial charge in [0.05, 0.1) is 12.3 Å². The third kappa shape index (κ3) is 3.47. The van der Waals surface area contributed by atoms with E-state index in [4.69, 9.17) is 10.5 Å². The van der Waals surface area contributed by atoms with E-state index in [-0.39, 0.29) is 5.69 Å². The van der Waals surface area contributed by atoms with Crippen molar-refractivity contribution in [3.05, 3.63) is 53.6 Å². The Bertz CT molecular complexity index is 675. The number of carbonyl (C=O) groups excluding carboxylic acids is 1. The van der Waals surface area contributed by atoms with Crippen molar-refractivity contribution in [2.45, 2.75) is 6.92 Å². The fraction of sp³-hybridized carbons (Fsp3) is 0.133. The molecule has 0 aliphatic heterocycles. The van der Waals surface area contributed by atoms with Gasteiger partial charge in [-0.2, -0.15) is 0 Å². The van der Waals surface area contributed by atoms with Crippen molar-refractivity contribution in [1.29, 1.82) is 0 Å². The Morgan fingerprint density at radius 2 is 1.95 bits per heavy atom. The van der Waals surface area contributed by atoms with Crippen LogP contribution in [0.15, 0.2) is 36.4 Å². The van der Waals surface area contributed by atoms with Crippen LogP contribution >= 0.6 is 0 Å². The smallest absolute Gasteiger partial charge is 0.255 e. The maximum Gasteiger partial charge on any atom is 0.255 e. The third-order valence-corrected chi connectivity index (χ3v) is 2.75. The van der Waals surface area contributed by atoms with Crippen molar-refractivity contribution in [3.63, 3.8) is 0 Å². The van der Waals surface area contributed by atoms with Gasteiger partial charge < -0.3 is 15.8 Å². The van der Waals surface area contributed by atoms with Gasteiger partial charge in [0.25, 0.3) is 5.91 Å². The normalized spacial score (nSPS) is 10.2.